The van der Waals surface area contributed by atoms with Crippen molar-refractivity contribution in [2.45, 2.75) is 24.7 Å². The minimum absolute atomic E-state index is 0.0465. The molecule has 3 aromatic rings. The van der Waals surface area contributed by atoms with Gasteiger partial charge in [-0.2, -0.15) is 22.0 Å². The number of nitrogens with one attached hydrogen (secondary N) is 1. The van der Waals surface area contributed by atoms with Gasteiger partial charge in [0.2, 0.25) is 5.76 Å². The molecule has 1 atom stereocenters. The molecule has 0 aliphatic heterocycles. The van der Waals surface area contributed by atoms with E-state index in [0.29, 0.717) is 16.1 Å². The highest BCUT2D eigenvalue weighted by Gasteiger charge is 2.58. The van der Waals surface area contributed by atoms with Crippen LogP contribution in [0.3, 0.4) is 0 Å². The van der Waals surface area contributed by atoms with Crippen molar-refractivity contribution in [1.29, 1.82) is 0 Å². The quantitative estimate of drug-likeness (QED) is 0.191. The maximum Gasteiger partial charge on any atom is 0.456 e. The van der Waals surface area contributed by atoms with Crippen LogP contribution in [0.15, 0.2) is 53.1 Å². The van der Waals surface area contributed by atoms with Crippen molar-refractivity contribution < 1.29 is 55.0 Å². The van der Waals surface area contributed by atoms with Gasteiger partial charge < -0.3 is 19.1 Å². The van der Waals surface area contributed by atoms with Crippen molar-refractivity contribution in [1.82, 2.24) is 15.6 Å². The number of nitrogens with zero attached hydrogens (tertiary/aromatic N) is 2. The first-order valence-electron chi connectivity index (χ1n) is 11.1. The summed E-state index contributed by atoms with van der Waals surface area (Å²) in [4.78, 5) is 24.5. The van der Waals surface area contributed by atoms with Crippen LogP contribution in [0.2, 0.25) is 5.02 Å². The van der Waals surface area contributed by atoms with Gasteiger partial charge in [0.15, 0.2) is 12.7 Å². The number of benzene rings is 2. The van der Waals surface area contributed by atoms with Gasteiger partial charge in [-0.3, -0.25) is 10.2 Å². The van der Waals surface area contributed by atoms with E-state index >= 15 is 0 Å². The second-order valence-corrected chi connectivity index (χ2v) is 8.64. The van der Waals surface area contributed by atoms with E-state index in [1.54, 1.807) is 0 Å². The summed E-state index contributed by atoms with van der Waals surface area (Å²) in [5, 5.41) is 14.8. The Morgan fingerprint density at radius 1 is 1.12 bits per heavy atom. The number of methoxy groups -OCH3 is 1. The molecule has 0 spiro atoms. The first kappa shape index (κ1) is 30.7. The summed E-state index contributed by atoms with van der Waals surface area (Å²) in [5.41, 5.74) is 3.38. The lowest BCUT2D eigenvalue weighted by Crippen LogP contribution is -2.48. The molecule has 0 aliphatic rings. The number of hydrogen-bond acceptors (Lipinski definition) is 8. The topological polar surface area (TPSA) is 114 Å². The minimum Gasteiger partial charge on any atom is -0.479 e. The Bertz CT molecular complexity index is 1340. The number of alkyl halides is 5. The number of aliphatic hydroxyl groups excluding tert-OH is 1. The number of aliphatic hydroxyl groups is 1. The summed E-state index contributed by atoms with van der Waals surface area (Å²) >= 11 is 5.93. The molecule has 16 heteroatoms. The molecule has 0 radical (unpaired) electrons. The van der Waals surface area contributed by atoms with Crippen LogP contribution in [-0.4, -0.2) is 65.6 Å². The molecule has 1 heterocycles. The number of hydrazine groups is 1. The molecule has 3 rings (SSSR count). The Balaban J connectivity index is 1.76. The third-order valence-electron chi connectivity index (χ3n) is 5.22. The lowest BCUT2D eigenvalue weighted by Gasteiger charge is -2.25. The van der Waals surface area contributed by atoms with Crippen molar-refractivity contribution in [2.75, 3.05) is 20.3 Å². The molecular weight excluding hydrogens is 576 g/mol. The van der Waals surface area contributed by atoms with E-state index in [1.807, 2.05) is 0 Å². The smallest absolute Gasteiger partial charge is 0.456 e. The van der Waals surface area contributed by atoms with Gasteiger partial charge in [-0.25, -0.2) is 14.2 Å². The summed E-state index contributed by atoms with van der Waals surface area (Å²) in [6.45, 7) is -3.39. The van der Waals surface area contributed by atoms with E-state index in [1.165, 1.54) is 49.6 Å². The van der Waals surface area contributed by atoms with E-state index in [0.717, 1.165) is 11.1 Å². The summed E-state index contributed by atoms with van der Waals surface area (Å²) < 4.78 is 91.0. The zero-order valence-corrected chi connectivity index (χ0v) is 21.1. The standard InChI is InChI=1S/C24H20ClF6N3O6/c1-38-20-9-19(40-33-20)21(36)32-34(11-18(35)22(37)39-12-23(27,28)24(29,30)31)10-13-2-4-14(5-3-13)16-8-15(25)6-7-17(16)26/h2-9,18,35H,10-12H2,1H3,(H,32,36). The summed E-state index contributed by atoms with van der Waals surface area (Å²) in [5.74, 6) is -9.00. The monoisotopic (exact) mass is 595 g/mol. The molecule has 0 bridgehead atoms. The maximum atomic E-state index is 14.2. The van der Waals surface area contributed by atoms with Crippen LogP contribution in [0, 0.1) is 5.82 Å². The van der Waals surface area contributed by atoms with Crippen LogP contribution in [0.1, 0.15) is 16.1 Å². The number of esters is 1. The average molecular weight is 596 g/mol. The molecular formula is C24H20ClF6N3O6. The third-order valence-corrected chi connectivity index (χ3v) is 5.46. The van der Waals surface area contributed by atoms with E-state index < -0.39 is 49.0 Å². The molecule has 0 fully saturated rings. The molecule has 1 unspecified atom stereocenters. The van der Waals surface area contributed by atoms with Crippen molar-refractivity contribution in [3.05, 3.63) is 70.7 Å². The zero-order chi connectivity index (χ0) is 29.7. The van der Waals surface area contributed by atoms with Crippen LogP contribution in [0.5, 0.6) is 5.88 Å². The van der Waals surface area contributed by atoms with Crippen molar-refractivity contribution in [3.8, 4) is 17.0 Å². The van der Waals surface area contributed by atoms with E-state index in [4.69, 9.17) is 20.9 Å². The molecule has 40 heavy (non-hydrogen) atoms. The number of rotatable bonds is 11. The van der Waals surface area contributed by atoms with Gasteiger partial charge in [0.1, 0.15) is 5.82 Å². The molecule has 216 valence electrons. The summed E-state index contributed by atoms with van der Waals surface area (Å²) in [6, 6.07) is 11.2. The predicted octanol–water partition coefficient (Wildman–Crippen LogP) is 4.39. The molecule has 2 N–H and O–H groups in total. The molecule has 0 saturated carbocycles. The largest absolute Gasteiger partial charge is 0.479 e. The fourth-order valence-electron chi connectivity index (χ4n) is 3.16. The fraction of sp³-hybridized carbons (Fsp3) is 0.292. The van der Waals surface area contributed by atoms with Crippen molar-refractivity contribution >= 4 is 23.5 Å². The van der Waals surface area contributed by atoms with Crippen molar-refractivity contribution in [2.24, 2.45) is 0 Å². The fourth-order valence-corrected chi connectivity index (χ4v) is 3.33. The van der Waals surface area contributed by atoms with Crippen LogP contribution < -0.4 is 10.2 Å². The SMILES string of the molecule is COc1cc(C(=O)NN(Cc2ccc(-c3cc(Cl)ccc3F)cc2)CC(O)C(=O)OCC(F)(F)C(F)(F)F)on1. The summed E-state index contributed by atoms with van der Waals surface area (Å²) in [6.07, 6.45) is -8.23. The van der Waals surface area contributed by atoms with E-state index in [9.17, 15) is 41.0 Å². The molecule has 1 aromatic heterocycles. The van der Waals surface area contributed by atoms with Gasteiger partial charge in [-0.1, -0.05) is 35.9 Å². The first-order chi connectivity index (χ1) is 18.7. The van der Waals surface area contributed by atoms with Gasteiger partial charge in [-0.15, -0.1) is 0 Å². The highest BCUT2D eigenvalue weighted by atomic mass is 35.5. The van der Waals surface area contributed by atoms with Crippen molar-refractivity contribution in [3.63, 3.8) is 0 Å². The van der Waals surface area contributed by atoms with Gasteiger partial charge in [0.25, 0.3) is 5.88 Å². The first-order valence-corrected chi connectivity index (χ1v) is 11.5. The Kier molecular flexibility index (Phi) is 9.65. The molecule has 0 aliphatic carbocycles. The number of amides is 1. The number of carbonyl (C=O) groups is 2. The molecule has 0 saturated heterocycles. The number of ether oxygens (including phenoxy) is 2. The van der Waals surface area contributed by atoms with E-state index in [2.05, 4.69) is 15.3 Å². The Morgan fingerprint density at radius 2 is 1.80 bits per heavy atom. The van der Waals surface area contributed by atoms with Crippen LogP contribution in [-0.2, 0) is 16.1 Å². The van der Waals surface area contributed by atoms with Gasteiger partial charge in [-0.05, 0) is 34.5 Å². The minimum atomic E-state index is -5.98. The predicted molar refractivity (Wildman–Crippen MR) is 126 cm³/mol. The van der Waals surface area contributed by atoms with Crippen LogP contribution in [0.4, 0.5) is 26.3 Å². The average Bonchev–Trinajstić information content (AvgIpc) is 3.38. The van der Waals surface area contributed by atoms with Crippen LogP contribution in [0.25, 0.3) is 11.1 Å². The number of aromatic nitrogens is 1. The van der Waals surface area contributed by atoms with Gasteiger partial charge >= 0.3 is 24.0 Å². The normalized spacial score (nSPS) is 12.8. The molecule has 2 aromatic carbocycles. The second-order valence-electron chi connectivity index (χ2n) is 8.20. The van der Waals surface area contributed by atoms with Gasteiger partial charge in [0.05, 0.1) is 19.7 Å². The maximum absolute atomic E-state index is 14.2. The van der Waals surface area contributed by atoms with E-state index in [-0.39, 0.29) is 23.7 Å². The second kappa shape index (κ2) is 12.6. The lowest BCUT2D eigenvalue weighted by molar-refractivity contribution is -0.294. The highest BCUT2D eigenvalue weighted by Crippen LogP contribution is 2.35. The zero-order valence-electron chi connectivity index (χ0n) is 20.3. The molecule has 9 nitrogen and oxygen atoms in total. The Morgan fingerprint density at radius 3 is 2.40 bits per heavy atom. The Hall–Kier alpha value is -3.82. The van der Waals surface area contributed by atoms with Gasteiger partial charge in [0, 0.05) is 17.1 Å². The number of carbonyl (C=O) groups excluding carboxylic acids is 2. The Labute approximate surface area is 227 Å². The van der Waals surface area contributed by atoms with Crippen LogP contribution >= 0.6 is 11.6 Å². The number of hydrogen-bond donors (Lipinski definition) is 2. The summed E-state index contributed by atoms with van der Waals surface area (Å²) in [7, 11) is 1.26. The lowest BCUT2D eigenvalue weighted by atomic mass is 10.0. The third kappa shape index (κ3) is 7.86. The molecule has 1 amide bonds. The number of halogens is 7. The highest BCUT2D eigenvalue weighted by molar-refractivity contribution is 6.30.